The van der Waals surface area contributed by atoms with Crippen molar-refractivity contribution in [2.24, 2.45) is 5.73 Å². The van der Waals surface area contributed by atoms with E-state index in [1.165, 1.54) is 16.3 Å². The van der Waals surface area contributed by atoms with E-state index in [-0.39, 0.29) is 12.1 Å². The van der Waals surface area contributed by atoms with Gasteiger partial charge in [-0.1, -0.05) is 42.5 Å². The topological polar surface area (TPSA) is 38.5 Å². The number of benzene rings is 2. The van der Waals surface area contributed by atoms with Gasteiger partial charge in [0.15, 0.2) is 0 Å². The summed E-state index contributed by atoms with van der Waals surface area (Å²) in [5, 5.41) is 2.59. The van der Waals surface area contributed by atoms with Gasteiger partial charge in [-0.3, -0.25) is 4.90 Å². The Hall–Kier alpha value is -1.42. The normalized spacial score (nSPS) is 22.0. The highest BCUT2D eigenvalue weighted by Gasteiger charge is 2.25. The van der Waals surface area contributed by atoms with E-state index < -0.39 is 0 Å². The molecule has 0 saturated carbocycles. The Morgan fingerprint density at radius 2 is 2.05 bits per heavy atom. The van der Waals surface area contributed by atoms with Gasteiger partial charge >= 0.3 is 0 Å². The fourth-order valence-corrected chi connectivity index (χ4v) is 3.14. The Morgan fingerprint density at radius 1 is 1.25 bits per heavy atom. The van der Waals surface area contributed by atoms with Gasteiger partial charge in [0.1, 0.15) is 0 Å². The molecule has 1 saturated heterocycles. The highest BCUT2D eigenvalue weighted by atomic mass is 16.5. The Labute approximate surface area is 120 Å². The molecule has 0 aliphatic carbocycles. The van der Waals surface area contributed by atoms with Crippen LogP contribution in [0.1, 0.15) is 18.5 Å². The van der Waals surface area contributed by atoms with Crippen LogP contribution >= 0.6 is 0 Å². The largest absolute Gasteiger partial charge is 0.376 e. The molecule has 1 fully saturated rings. The molecule has 2 atom stereocenters. The molecule has 20 heavy (non-hydrogen) atoms. The molecular formula is C17H22N2O. The summed E-state index contributed by atoms with van der Waals surface area (Å²) in [7, 11) is 0. The van der Waals surface area contributed by atoms with E-state index in [1.807, 2.05) is 0 Å². The zero-order valence-electron chi connectivity index (χ0n) is 12.0. The first kappa shape index (κ1) is 13.6. The Morgan fingerprint density at radius 3 is 2.85 bits per heavy atom. The van der Waals surface area contributed by atoms with Crippen LogP contribution in [0.4, 0.5) is 0 Å². The van der Waals surface area contributed by atoms with Crippen molar-refractivity contribution >= 4 is 10.8 Å². The predicted molar refractivity (Wildman–Crippen MR) is 82.7 cm³/mol. The lowest BCUT2D eigenvalue weighted by molar-refractivity contribution is -0.0331. The minimum atomic E-state index is 0.271. The lowest BCUT2D eigenvalue weighted by Crippen LogP contribution is -2.45. The van der Waals surface area contributed by atoms with Crippen molar-refractivity contribution in [3.8, 4) is 0 Å². The van der Waals surface area contributed by atoms with Crippen LogP contribution in [0.15, 0.2) is 42.5 Å². The first-order chi connectivity index (χ1) is 9.79. The lowest BCUT2D eigenvalue weighted by atomic mass is 9.97. The van der Waals surface area contributed by atoms with E-state index in [4.69, 9.17) is 10.5 Å². The Kier molecular flexibility index (Phi) is 4.01. The van der Waals surface area contributed by atoms with Gasteiger partial charge < -0.3 is 10.5 Å². The van der Waals surface area contributed by atoms with E-state index in [0.29, 0.717) is 6.54 Å². The monoisotopic (exact) mass is 270 g/mol. The zero-order valence-corrected chi connectivity index (χ0v) is 12.0. The quantitative estimate of drug-likeness (QED) is 0.931. The Bertz CT molecular complexity index is 579. The van der Waals surface area contributed by atoms with Gasteiger partial charge in [-0.25, -0.2) is 0 Å². The summed E-state index contributed by atoms with van der Waals surface area (Å²) >= 11 is 0. The van der Waals surface area contributed by atoms with Gasteiger partial charge in [0, 0.05) is 25.7 Å². The van der Waals surface area contributed by atoms with E-state index in [2.05, 4.69) is 54.3 Å². The van der Waals surface area contributed by atoms with Crippen molar-refractivity contribution in [1.82, 2.24) is 4.90 Å². The highest BCUT2D eigenvalue weighted by molar-refractivity contribution is 5.86. The molecule has 3 heteroatoms. The predicted octanol–water partition coefficient (Wildman–Crippen LogP) is 2.56. The molecule has 2 unspecified atom stereocenters. The van der Waals surface area contributed by atoms with Crippen molar-refractivity contribution in [2.45, 2.75) is 19.1 Å². The second kappa shape index (κ2) is 5.92. The number of fused-ring (bicyclic) bond motifs is 1. The second-order valence-electron chi connectivity index (χ2n) is 5.50. The van der Waals surface area contributed by atoms with Crippen LogP contribution in [0.5, 0.6) is 0 Å². The summed E-state index contributed by atoms with van der Waals surface area (Å²) in [5.41, 5.74) is 7.42. The van der Waals surface area contributed by atoms with Crippen LogP contribution in [0.3, 0.4) is 0 Å². The van der Waals surface area contributed by atoms with Crippen molar-refractivity contribution in [1.29, 1.82) is 0 Å². The molecule has 0 bridgehead atoms. The summed E-state index contributed by atoms with van der Waals surface area (Å²) in [6.07, 6.45) is 0.285. The average molecular weight is 270 g/mol. The third-order valence-corrected chi connectivity index (χ3v) is 4.12. The summed E-state index contributed by atoms with van der Waals surface area (Å²) in [4.78, 5) is 2.45. The molecule has 3 nitrogen and oxygen atoms in total. The number of nitrogens with zero attached hydrogens (tertiary/aromatic N) is 1. The third-order valence-electron chi connectivity index (χ3n) is 4.12. The van der Waals surface area contributed by atoms with E-state index in [0.717, 1.165) is 19.7 Å². The smallest absolute Gasteiger partial charge is 0.0674 e. The van der Waals surface area contributed by atoms with Gasteiger partial charge in [0.2, 0.25) is 0 Å². The molecule has 1 aliphatic heterocycles. The fourth-order valence-electron chi connectivity index (χ4n) is 3.14. The van der Waals surface area contributed by atoms with Crippen molar-refractivity contribution in [3.05, 3.63) is 48.0 Å². The number of hydrogen-bond acceptors (Lipinski definition) is 3. The molecule has 2 aromatic carbocycles. The van der Waals surface area contributed by atoms with E-state index in [1.54, 1.807) is 0 Å². The molecule has 0 aromatic heterocycles. The van der Waals surface area contributed by atoms with Gasteiger partial charge in [-0.15, -0.1) is 0 Å². The van der Waals surface area contributed by atoms with Crippen LogP contribution in [0.2, 0.25) is 0 Å². The van der Waals surface area contributed by atoms with Gasteiger partial charge in [0.05, 0.1) is 12.7 Å². The molecule has 1 aliphatic rings. The number of rotatable bonds is 3. The van der Waals surface area contributed by atoms with E-state index >= 15 is 0 Å². The maximum Gasteiger partial charge on any atom is 0.0674 e. The molecule has 1 heterocycles. The van der Waals surface area contributed by atoms with Crippen LogP contribution < -0.4 is 5.73 Å². The third kappa shape index (κ3) is 2.57. The maximum absolute atomic E-state index is 6.09. The van der Waals surface area contributed by atoms with E-state index in [9.17, 15) is 0 Å². The average Bonchev–Trinajstić information content (AvgIpc) is 2.48. The molecule has 0 spiro atoms. The fraction of sp³-hybridized carbons (Fsp3) is 0.412. The number of nitrogens with two attached hydrogens (primary N) is 1. The molecule has 106 valence electrons. The summed E-state index contributed by atoms with van der Waals surface area (Å²) in [5.74, 6) is 0. The van der Waals surface area contributed by atoms with Crippen LogP contribution in [0.25, 0.3) is 10.8 Å². The van der Waals surface area contributed by atoms with Crippen molar-refractivity contribution < 1.29 is 4.74 Å². The molecule has 2 N–H and O–H groups in total. The van der Waals surface area contributed by atoms with Gasteiger partial charge in [-0.05, 0) is 23.3 Å². The molecule has 0 amide bonds. The number of morpholine rings is 1. The van der Waals surface area contributed by atoms with Crippen molar-refractivity contribution in [3.63, 3.8) is 0 Å². The minimum Gasteiger partial charge on any atom is -0.376 e. The Balaban J connectivity index is 1.98. The summed E-state index contributed by atoms with van der Waals surface area (Å²) in [6.45, 7) is 5.46. The molecule has 2 aromatic rings. The summed E-state index contributed by atoms with van der Waals surface area (Å²) in [6, 6.07) is 15.3. The van der Waals surface area contributed by atoms with Gasteiger partial charge in [0.25, 0.3) is 0 Å². The minimum absolute atomic E-state index is 0.271. The first-order valence-corrected chi connectivity index (χ1v) is 7.33. The second-order valence-corrected chi connectivity index (χ2v) is 5.50. The lowest BCUT2D eigenvalue weighted by Gasteiger charge is -2.37. The van der Waals surface area contributed by atoms with Crippen LogP contribution in [-0.4, -0.2) is 37.2 Å². The van der Waals surface area contributed by atoms with Crippen LogP contribution in [-0.2, 0) is 4.74 Å². The molecule has 3 rings (SSSR count). The summed E-state index contributed by atoms with van der Waals surface area (Å²) < 4.78 is 5.64. The number of hydrogen-bond donors (Lipinski definition) is 1. The SMILES string of the molecule is CC1CN(C(CN)c2cccc3ccccc23)CCO1. The highest BCUT2D eigenvalue weighted by Crippen LogP contribution is 2.28. The molecule has 0 radical (unpaired) electrons. The first-order valence-electron chi connectivity index (χ1n) is 7.33. The maximum atomic E-state index is 6.09. The number of ether oxygens (including phenoxy) is 1. The zero-order chi connectivity index (χ0) is 13.9. The van der Waals surface area contributed by atoms with Crippen molar-refractivity contribution in [2.75, 3.05) is 26.2 Å². The van der Waals surface area contributed by atoms with Gasteiger partial charge in [-0.2, -0.15) is 0 Å². The van der Waals surface area contributed by atoms with Crippen LogP contribution in [0, 0.1) is 0 Å². The molecular weight excluding hydrogens is 248 g/mol. The standard InChI is InChI=1S/C17H22N2O/c1-13-12-19(9-10-20-13)17(11-18)16-8-4-6-14-5-2-3-7-15(14)16/h2-8,13,17H,9-12,18H2,1H3.